The van der Waals surface area contributed by atoms with Crippen LogP contribution in [0.3, 0.4) is 0 Å². The molecule has 0 amide bonds. The third kappa shape index (κ3) is 3.35. The maximum Gasteiger partial charge on any atom is 0.102 e. The van der Waals surface area contributed by atoms with Crippen molar-refractivity contribution in [1.82, 2.24) is 5.32 Å². The quantitative estimate of drug-likeness (QED) is 0.845. The van der Waals surface area contributed by atoms with Gasteiger partial charge < -0.3 is 19.9 Å². The summed E-state index contributed by atoms with van der Waals surface area (Å²) in [5.41, 5.74) is 0.614. The number of nitrogens with one attached hydrogen (secondary N) is 1. The molecule has 0 bridgehead atoms. The maximum absolute atomic E-state index is 10.3. The summed E-state index contributed by atoms with van der Waals surface area (Å²) in [5.74, 6) is 0. The molecule has 4 heteroatoms. The standard InChI is InChI=1S/C18H27NO3/c1-17(2)15(19-12-18(20)8-9-21-13-18)10-16(17)22-11-14-6-4-3-5-7-14/h3-7,15-16,19-20H,8-13H2,1-2H3/t15-,16+,18+/m1/s1. The fourth-order valence-corrected chi connectivity index (χ4v) is 3.33. The minimum Gasteiger partial charge on any atom is -0.386 e. The van der Waals surface area contributed by atoms with E-state index in [9.17, 15) is 5.11 Å². The van der Waals surface area contributed by atoms with Crippen LogP contribution in [0.2, 0.25) is 0 Å². The molecular formula is C18H27NO3. The highest BCUT2D eigenvalue weighted by Crippen LogP contribution is 2.43. The second-order valence-electron chi connectivity index (χ2n) is 7.30. The molecule has 3 atom stereocenters. The van der Waals surface area contributed by atoms with Crippen molar-refractivity contribution in [3.8, 4) is 0 Å². The van der Waals surface area contributed by atoms with E-state index in [0.29, 0.717) is 32.4 Å². The molecule has 1 heterocycles. The van der Waals surface area contributed by atoms with Gasteiger partial charge in [-0.15, -0.1) is 0 Å². The van der Waals surface area contributed by atoms with Gasteiger partial charge in [-0.1, -0.05) is 44.2 Å². The van der Waals surface area contributed by atoms with Crippen LogP contribution in [0.5, 0.6) is 0 Å². The highest BCUT2D eigenvalue weighted by Gasteiger charge is 2.49. The zero-order valence-electron chi connectivity index (χ0n) is 13.5. The topological polar surface area (TPSA) is 50.7 Å². The summed E-state index contributed by atoms with van der Waals surface area (Å²) in [5, 5.41) is 13.8. The molecule has 122 valence electrons. The Kier molecular flexibility index (Phi) is 4.55. The van der Waals surface area contributed by atoms with E-state index < -0.39 is 5.60 Å². The molecule has 0 unspecified atom stereocenters. The Hall–Kier alpha value is -0.940. The molecule has 2 fully saturated rings. The van der Waals surface area contributed by atoms with E-state index in [1.54, 1.807) is 0 Å². The number of aliphatic hydroxyl groups is 1. The Bertz CT molecular complexity index is 482. The van der Waals surface area contributed by atoms with Gasteiger partial charge in [-0.3, -0.25) is 0 Å². The third-order valence-electron chi connectivity index (χ3n) is 5.23. The first kappa shape index (κ1) is 15.9. The van der Waals surface area contributed by atoms with Gasteiger partial charge in [-0.2, -0.15) is 0 Å². The van der Waals surface area contributed by atoms with Crippen molar-refractivity contribution in [2.24, 2.45) is 5.41 Å². The summed E-state index contributed by atoms with van der Waals surface area (Å²) in [4.78, 5) is 0. The van der Waals surface area contributed by atoms with Gasteiger partial charge in [-0.25, -0.2) is 0 Å². The van der Waals surface area contributed by atoms with Gasteiger partial charge in [0.2, 0.25) is 0 Å². The third-order valence-corrected chi connectivity index (χ3v) is 5.23. The molecule has 1 aromatic carbocycles. The molecule has 2 N–H and O–H groups in total. The zero-order chi connectivity index (χ0) is 15.6. The Labute approximate surface area is 132 Å². The lowest BCUT2D eigenvalue weighted by Crippen LogP contribution is -2.62. The molecule has 22 heavy (non-hydrogen) atoms. The van der Waals surface area contributed by atoms with Crippen LogP contribution < -0.4 is 5.32 Å². The van der Waals surface area contributed by atoms with Crippen LogP contribution in [0, 0.1) is 5.41 Å². The lowest BCUT2D eigenvalue weighted by Gasteiger charge is -2.52. The van der Waals surface area contributed by atoms with Crippen molar-refractivity contribution in [2.75, 3.05) is 19.8 Å². The summed E-state index contributed by atoms with van der Waals surface area (Å²) in [6, 6.07) is 10.7. The molecule has 1 saturated heterocycles. The fourth-order valence-electron chi connectivity index (χ4n) is 3.33. The summed E-state index contributed by atoms with van der Waals surface area (Å²) >= 11 is 0. The molecule has 0 radical (unpaired) electrons. The number of hydrogen-bond acceptors (Lipinski definition) is 4. The van der Waals surface area contributed by atoms with E-state index in [-0.39, 0.29) is 11.5 Å². The van der Waals surface area contributed by atoms with Crippen LogP contribution in [0.15, 0.2) is 30.3 Å². The van der Waals surface area contributed by atoms with E-state index in [0.717, 1.165) is 12.8 Å². The first-order chi connectivity index (χ1) is 10.5. The number of rotatable bonds is 6. The Balaban J connectivity index is 1.45. The van der Waals surface area contributed by atoms with Gasteiger partial charge in [0.1, 0.15) is 5.60 Å². The summed E-state index contributed by atoms with van der Waals surface area (Å²) in [6.07, 6.45) is 1.98. The first-order valence-electron chi connectivity index (χ1n) is 8.19. The minimum atomic E-state index is -0.688. The number of hydrogen-bond donors (Lipinski definition) is 2. The maximum atomic E-state index is 10.3. The second kappa shape index (κ2) is 6.28. The van der Waals surface area contributed by atoms with E-state index >= 15 is 0 Å². The van der Waals surface area contributed by atoms with Crippen molar-refractivity contribution in [3.63, 3.8) is 0 Å². The van der Waals surface area contributed by atoms with Crippen molar-refractivity contribution < 1.29 is 14.6 Å². The van der Waals surface area contributed by atoms with Gasteiger partial charge in [0.25, 0.3) is 0 Å². The van der Waals surface area contributed by atoms with Gasteiger partial charge in [-0.05, 0) is 12.0 Å². The molecule has 1 aliphatic carbocycles. The average molecular weight is 305 g/mol. The fraction of sp³-hybridized carbons (Fsp3) is 0.667. The van der Waals surface area contributed by atoms with Crippen molar-refractivity contribution in [3.05, 3.63) is 35.9 Å². The summed E-state index contributed by atoms with van der Waals surface area (Å²) in [7, 11) is 0. The summed E-state index contributed by atoms with van der Waals surface area (Å²) in [6.45, 7) is 6.85. The van der Waals surface area contributed by atoms with Gasteiger partial charge in [0, 0.05) is 31.0 Å². The normalized spacial score (nSPS) is 33.6. The lowest BCUT2D eigenvalue weighted by molar-refractivity contribution is -0.128. The zero-order valence-corrected chi connectivity index (χ0v) is 13.5. The largest absolute Gasteiger partial charge is 0.386 e. The second-order valence-corrected chi connectivity index (χ2v) is 7.30. The van der Waals surface area contributed by atoms with Crippen molar-refractivity contribution in [2.45, 2.75) is 51.0 Å². The molecule has 2 aliphatic rings. The van der Waals surface area contributed by atoms with E-state index in [2.05, 4.69) is 31.3 Å². The highest BCUT2D eigenvalue weighted by atomic mass is 16.5. The predicted octanol–water partition coefficient (Wildman–Crippen LogP) is 2.11. The summed E-state index contributed by atoms with van der Waals surface area (Å²) < 4.78 is 11.4. The predicted molar refractivity (Wildman–Crippen MR) is 85.6 cm³/mol. The lowest BCUT2D eigenvalue weighted by atomic mass is 9.64. The van der Waals surface area contributed by atoms with Gasteiger partial charge >= 0.3 is 0 Å². The number of ether oxygens (including phenoxy) is 2. The smallest absolute Gasteiger partial charge is 0.102 e. The SMILES string of the molecule is CC1(C)[C@@H](OCc2ccccc2)C[C@H]1NC[C@@]1(O)CCOC1. The van der Waals surface area contributed by atoms with Gasteiger partial charge in [0.05, 0.1) is 19.3 Å². The minimum absolute atomic E-state index is 0.0879. The van der Waals surface area contributed by atoms with Gasteiger partial charge in [0.15, 0.2) is 0 Å². The van der Waals surface area contributed by atoms with E-state index in [1.165, 1.54) is 5.56 Å². The van der Waals surface area contributed by atoms with Crippen LogP contribution in [0.25, 0.3) is 0 Å². The van der Waals surface area contributed by atoms with Crippen LogP contribution in [-0.2, 0) is 16.1 Å². The molecule has 4 nitrogen and oxygen atoms in total. The molecule has 1 saturated carbocycles. The first-order valence-corrected chi connectivity index (χ1v) is 8.19. The van der Waals surface area contributed by atoms with Crippen LogP contribution >= 0.6 is 0 Å². The van der Waals surface area contributed by atoms with Crippen LogP contribution in [0.4, 0.5) is 0 Å². The van der Waals surface area contributed by atoms with Crippen molar-refractivity contribution in [1.29, 1.82) is 0 Å². The monoisotopic (exact) mass is 305 g/mol. The molecule has 0 spiro atoms. The molecule has 1 aliphatic heterocycles. The van der Waals surface area contributed by atoms with Crippen molar-refractivity contribution >= 4 is 0 Å². The van der Waals surface area contributed by atoms with E-state index in [4.69, 9.17) is 9.47 Å². The molecule has 1 aromatic rings. The molecular weight excluding hydrogens is 278 g/mol. The van der Waals surface area contributed by atoms with Crippen LogP contribution in [0.1, 0.15) is 32.3 Å². The Morgan fingerprint density at radius 3 is 2.73 bits per heavy atom. The average Bonchev–Trinajstić information content (AvgIpc) is 2.93. The Morgan fingerprint density at radius 1 is 1.32 bits per heavy atom. The Morgan fingerprint density at radius 2 is 2.09 bits per heavy atom. The van der Waals surface area contributed by atoms with Crippen LogP contribution in [-0.4, -0.2) is 42.6 Å². The molecule has 0 aromatic heterocycles. The highest BCUT2D eigenvalue weighted by molar-refractivity contribution is 5.14. The van der Waals surface area contributed by atoms with E-state index in [1.807, 2.05) is 18.2 Å². The number of benzene rings is 1. The molecule has 3 rings (SSSR count).